The molecule has 0 heterocycles. The number of hydrogen-bond donors (Lipinski definition) is 1. The van der Waals surface area contributed by atoms with Crippen LogP contribution in [0.3, 0.4) is 0 Å². The van der Waals surface area contributed by atoms with Crippen LogP contribution in [0.1, 0.15) is 10.4 Å². The van der Waals surface area contributed by atoms with Gasteiger partial charge in [-0.05, 0) is 48.5 Å². The molecular weight excluding hydrogens is 333 g/mol. The van der Waals surface area contributed by atoms with Gasteiger partial charge in [0.05, 0.1) is 12.7 Å². The third-order valence-electron chi connectivity index (χ3n) is 3.83. The molecule has 0 unspecified atom stereocenters. The Bertz CT molecular complexity index is 850. The third kappa shape index (κ3) is 3.65. The van der Waals surface area contributed by atoms with Gasteiger partial charge in [0.2, 0.25) is 7.29 Å². The van der Waals surface area contributed by atoms with Crippen molar-refractivity contribution < 1.29 is 14.1 Å². The Hall–Kier alpha value is -2.84. The molecule has 0 saturated heterocycles. The Morgan fingerprint density at radius 1 is 0.800 bits per heavy atom. The van der Waals surface area contributed by atoms with Gasteiger partial charge in [0.15, 0.2) is 0 Å². The van der Waals surface area contributed by atoms with E-state index < -0.39 is 13.3 Å². The molecule has 0 aliphatic heterocycles. The van der Waals surface area contributed by atoms with Crippen LogP contribution >= 0.6 is 7.29 Å². The van der Waals surface area contributed by atoms with Crippen LogP contribution in [0, 0.1) is 0 Å². The van der Waals surface area contributed by atoms with Gasteiger partial charge in [-0.2, -0.15) is 0 Å². The first kappa shape index (κ1) is 17.0. The summed E-state index contributed by atoms with van der Waals surface area (Å²) < 4.78 is 18.6. The van der Waals surface area contributed by atoms with E-state index in [9.17, 15) is 9.36 Å². The maximum atomic E-state index is 13.9. The first-order valence-corrected chi connectivity index (χ1v) is 9.52. The van der Waals surface area contributed by atoms with Gasteiger partial charge in [0.1, 0.15) is 0 Å². The molecule has 1 N–H and O–H groups in total. The fraction of sp³-hybridized carbons (Fsp3) is 0.0500. The second-order valence-electron chi connectivity index (χ2n) is 5.46. The number of rotatable bonds is 5. The summed E-state index contributed by atoms with van der Waals surface area (Å²) >= 11 is 0. The molecule has 4 nitrogen and oxygen atoms in total. The van der Waals surface area contributed by atoms with E-state index in [1.807, 2.05) is 60.7 Å². The lowest BCUT2D eigenvalue weighted by molar-refractivity contribution is 0.0601. The van der Waals surface area contributed by atoms with E-state index in [1.54, 1.807) is 24.3 Å². The molecule has 5 heteroatoms. The molecule has 0 aromatic heterocycles. The van der Waals surface area contributed by atoms with Crippen LogP contribution in [-0.4, -0.2) is 13.1 Å². The predicted octanol–water partition coefficient (Wildman–Crippen LogP) is 3.81. The Labute approximate surface area is 146 Å². The van der Waals surface area contributed by atoms with E-state index in [0.29, 0.717) is 11.3 Å². The molecule has 0 atom stereocenters. The number of methoxy groups -OCH3 is 1. The minimum atomic E-state index is -3.06. The standard InChI is InChI=1S/C20H18NO3P/c1-24-20(22)16-12-14-17(15-13-16)21-25(23,18-8-4-2-5-9-18)19-10-6-3-7-11-19/h2-15H,1H3,(H,21,23). The molecule has 126 valence electrons. The summed E-state index contributed by atoms with van der Waals surface area (Å²) in [5.74, 6) is -0.402. The zero-order valence-electron chi connectivity index (χ0n) is 13.8. The molecule has 25 heavy (non-hydrogen) atoms. The Balaban J connectivity index is 1.99. The van der Waals surface area contributed by atoms with E-state index in [2.05, 4.69) is 5.09 Å². The molecule has 0 aliphatic rings. The van der Waals surface area contributed by atoms with Gasteiger partial charge in [-0.25, -0.2) is 4.79 Å². The molecule has 3 aromatic rings. The Morgan fingerprint density at radius 3 is 1.72 bits per heavy atom. The fourth-order valence-electron chi connectivity index (χ4n) is 2.53. The number of hydrogen-bond acceptors (Lipinski definition) is 3. The van der Waals surface area contributed by atoms with Crippen molar-refractivity contribution in [3.63, 3.8) is 0 Å². The minimum Gasteiger partial charge on any atom is -0.465 e. The summed E-state index contributed by atoms with van der Waals surface area (Å²) in [5, 5.41) is 4.62. The van der Waals surface area contributed by atoms with Crippen LogP contribution in [0.15, 0.2) is 84.9 Å². The average molecular weight is 351 g/mol. The van der Waals surface area contributed by atoms with Crippen LogP contribution in [0.5, 0.6) is 0 Å². The molecule has 0 spiro atoms. The number of esters is 1. The van der Waals surface area contributed by atoms with E-state index in [0.717, 1.165) is 10.6 Å². The lowest BCUT2D eigenvalue weighted by Gasteiger charge is -2.21. The highest BCUT2D eigenvalue weighted by Crippen LogP contribution is 2.43. The van der Waals surface area contributed by atoms with E-state index in [4.69, 9.17) is 4.74 Å². The monoisotopic (exact) mass is 351 g/mol. The first-order valence-electron chi connectivity index (χ1n) is 7.81. The highest BCUT2D eigenvalue weighted by atomic mass is 31.2. The number of benzene rings is 3. The van der Waals surface area contributed by atoms with Crippen molar-refractivity contribution in [1.29, 1.82) is 0 Å². The largest absolute Gasteiger partial charge is 0.465 e. The van der Waals surface area contributed by atoms with Crippen LogP contribution in [0.2, 0.25) is 0 Å². The lowest BCUT2D eigenvalue weighted by atomic mass is 10.2. The van der Waals surface area contributed by atoms with Crippen molar-refractivity contribution in [2.24, 2.45) is 0 Å². The number of nitrogens with one attached hydrogen (secondary N) is 1. The second kappa shape index (κ2) is 7.37. The van der Waals surface area contributed by atoms with Gasteiger partial charge in [-0.3, -0.25) is 4.57 Å². The first-order chi connectivity index (χ1) is 12.1. The maximum absolute atomic E-state index is 13.9. The molecule has 0 saturated carbocycles. The van der Waals surface area contributed by atoms with Gasteiger partial charge < -0.3 is 9.82 Å². The molecule has 3 rings (SSSR count). The van der Waals surface area contributed by atoms with Crippen LogP contribution in [0.25, 0.3) is 0 Å². The van der Waals surface area contributed by atoms with E-state index >= 15 is 0 Å². The zero-order valence-corrected chi connectivity index (χ0v) is 14.6. The smallest absolute Gasteiger partial charge is 0.337 e. The second-order valence-corrected chi connectivity index (χ2v) is 7.94. The summed E-state index contributed by atoms with van der Waals surface area (Å²) in [6.07, 6.45) is 0. The average Bonchev–Trinajstić information content (AvgIpc) is 2.69. The SMILES string of the molecule is COC(=O)c1ccc(NP(=O)(c2ccccc2)c2ccccc2)cc1. The molecule has 0 radical (unpaired) electrons. The van der Waals surface area contributed by atoms with Crippen molar-refractivity contribution in [1.82, 2.24) is 0 Å². The molecule has 0 amide bonds. The van der Waals surface area contributed by atoms with Crippen molar-refractivity contribution in [3.8, 4) is 0 Å². The third-order valence-corrected chi connectivity index (χ3v) is 6.46. The van der Waals surface area contributed by atoms with Gasteiger partial charge in [-0.15, -0.1) is 0 Å². The Morgan fingerprint density at radius 2 is 1.28 bits per heavy atom. The number of carbonyl (C=O) groups excluding carboxylic acids is 1. The quantitative estimate of drug-likeness (QED) is 0.561. The summed E-state index contributed by atoms with van der Waals surface area (Å²) in [6.45, 7) is 0. The summed E-state index contributed by atoms with van der Waals surface area (Å²) in [4.78, 5) is 11.6. The molecule has 0 fully saturated rings. The van der Waals surface area contributed by atoms with Gasteiger partial charge in [-0.1, -0.05) is 36.4 Å². The maximum Gasteiger partial charge on any atom is 0.337 e. The summed E-state index contributed by atoms with van der Waals surface area (Å²) in [5.41, 5.74) is 1.12. The van der Waals surface area contributed by atoms with E-state index in [-0.39, 0.29) is 0 Å². The number of anilines is 1. The summed E-state index contributed by atoms with van der Waals surface area (Å²) in [6, 6.07) is 25.4. The van der Waals surface area contributed by atoms with Gasteiger partial charge >= 0.3 is 5.97 Å². The van der Waals surface area contributed by atoms with Gasteiger partial charge in [0, 0.05) is 16.3 Å². The van der Waals surface area contributed by atoms with Crippen molar-refractivity contribution in [3.05, 3.63) is 90.5 Å². The fourth-order valence-corrected chi connectivity index (χ4v) is 4.79. The zero-order chi connectivity index (χ0) is 17.7. The minimum absolute atomic E-state index is 0.402. The van der Waals surface area contributed by atoms with Gasteiger partial charge in [0.25, 0.3) is 0 Å². The lowest BCUT2D eigenvalue weighted by Crippen LogP contribution is -2.21. The predicted molar refractivity (Wildman–Crippen MR) is 101 cm³/mol. The topological polar surface area (TPSA) is 55.4 Å². The van der Waals surface area contributed by atoms with E-state index in [1.165, 1.54) is 7.11 Å². The van der Waals surface area contributed by atoms with Crippen molar-refractivity contribution in [2.45, 2.75) is 0 Å². The molecule has 0 aliphatic carbocycles. The number of carbonyl (C=O) groups is 1. The summed E-state index contributed by atoms with van der Waals surface area (Å²) in [7, 11) is -1.72. The Kier molecular flexibility index (Phi) is 5.01. The molecular formula is C20H18NO3P. The van der Waals surface area contributed by atoms with Crippen molar-refractivity contribution in [2.75, 3.05) is 12.2 Å². The molecule has 3 aromatic carbocycles. The van der Waals surface area contributed by atoms with Crippen LogP contribution in [0.4, 0.5) is 5.69 Å². The van der Waals surface area contributed by atoms with Crippen molar-refractivity contribution >= 4 is 29.6 Å². The normalized spacial score (nSPS) is 10.9. The molecule has 0 bridgehead atoms. The highest BCUT2D eigenvalue weighted by Gasteiger charge is 2.27. The van der Waals surface area contributed by atoms with Crippen LogP contribution in [-0.2, 0) is 9.30 Å². The highest BCUT2D eigenvalue weighted by molar-refractivity contribution is 7.80. The van der Waals surface area contributed by atoms with Crippen LogP contribution < -0.4 is 15.7 Å². The number of ether oxygens (including phenoxy) is 1.